The molecule has 3 heterocycles. The molecule has 1 spiro atoms. The number of carbonyl (C=O) groups excluding carboxylic acids is 2. The first kappa shape index (κ1) is 23.0. The summed E-state index contributed by atoms with van der Waals surface area (Å²) in [5.41, 5.74) is 1.51. The maximum Gasteiger partial charge on any atom is 0.335 e. The Morgan fingerprint density at radius 2 is 2.03 bits per heavy atom. The fraction of sp³-hybridized carbons (Fsp3) is 0.680. The fourth-order valence-electron chi connectivity index (χ4n) is 7.84. The quantitative estimate of drug-likeness (QED) is 0.463. The smallest absolute Gasteiger partial charge is 0.335 e. The molecule has 5 atom stereocenters. The van der Waals surface area contributed by atoms with Crippen LogP contribution in [-0.4, -0.2) is 74.5 Å². The number of amides is 1. The van der Waals surface area contributed by atoms with E-state index in [2.05, 4.69) is 11.0 Å². The molecule has 1 amide bonds. The van der Waals surface area contributed by atoms with Gasteiger partial charge in [-0.2, -0.15) is 0 Å². The summed E-state index contributed by atoms with van der Waals surface area (Å²) in [4.78, 5) is 30.7. The molecule has 3 aliphatic heterocycles. The molecule has 0 aromatic heterocycles. The molecule has 5 unspecified atom stereocenters. The molecule has 1 saturated carbocycles. The Kier molecular flexibility index (Phi) is 5.90. The van der Waals surface area contributed by atoms with Gasteiger partial charge >= 0.3 is 5.97 Å². The Balaban J connectivity index is 1.71. The van der Waals surface area contributed by atoms with Crippen LogP contribution in [0.5, 0.6) is 5.75 Å². The molecule has 0 N–H and O–H groups in total. The number of piperidine rings is 1. The molecule has 1 aliphatic carbocycles. The lowest BCUT2D eigenvalue weighted by molar-refractivity contribution is -0.178. The summed E-state index contributed by atoms with van der Waals surface area (Å²) in [7, 11) is 3.13. The van der Waals surface area contributed by atoms with Gasteiger partial charge in [-0.05, 0) is 63.1 Å². The molecule has 1 aromatic rings. The summed E-state index contributed by atoms with van der Waals surface area (Å²) in [5, 5.41) is 0. The van der Waals surface area contributed by atoms with Crippen molar-refractivity contribution in [3.8, 4) is 5.75 Å². The summed E-state index contributed by atoms with van der Waals surface area (Å²) in [6.07, 6.45) is 5.96. The van der Waals surface area contributed by atoms with Crippen molar-refractivity contribution in [3.63, 3.8) is 0 Å². The topological polar surface area (TPSA) is 68.3 Å². The molecule has 0 radical (unpaired) electrons. The maximum atomic E-state index is 13.1. The van der Waals surface area contributed by atoms with Gasteiger partial charge in [0, 0.05) is 29.8 Å². The minimum Gasteiger partial charge on any atom is -0.495 e. The zero-order valence-corrected chi connectivity index (χ0v) is 20.8. The van der Waals surface area contributed by atoms with Crippen LogP contribution < -0.4 is 9.64 Å². The largest absolute Gasteiger partial charge is 0.495 e. The van der Waals surface area contributed by atoms with Crippen molar-refractivity contribution < 1.29 is 23.8 Å². The molecule has 33 heavy (non-hydrogen) atoms. The molecule has 0 bridgehead atoms. The lowest BCUT2D eigenvalue weighted by atomic mass is 9.51. The predicted molar refractivity (Wildman–Crippen MR) is 128 cm³/mol. The van der Waals surface area contributed by atoms with E-state index in [-0.39, 0.29) is 34.8 Å². The Morgan fingerprint density at radius 3 is 2.73 bits per heavy atom. The van der Waals surface area contributed by atoms with Crippen LogP contribution in [0, 0.1) is 5.41 Å². The minimum absolute atomic E-state index is 0.0486. The number of esters is 1. The van der Waals surface area contributed by atoms with Gasteiger partial charge < -0.3 is 19.1 Å². The number of anilines is 1. The van der Waals surface area contributed by atoms with Crippen molar-refractivity contribution in [1.29, 1.82) is 0 Å². The van der Waals surface area contributed by atoms with Crippen molar-refractivity contribution in [1.82, 2.24) is 4.90 Å². The number of methoxy groups -OCH3 is 2. The first-order valence-electron chi connectivity index (χ1n) is 11.9. The van der Waals surface area contributed by atoms with Gasteiger partial charge in [-0.25, -0.2) is 4.79 Å². The van der Waals surface area contributed by atoms with Gasteiger partial charge in [0.25, 0.3) is 0 Å². The molecule has 7 nitrogen and oxygen atoms in total. The summed E-state index contributed by atoms with van der Waals surface area (Å²) in [6.45, 7) is 3.63. The number of benzene rings is 1. The number of hydrogen-bond donors (Lipinski definition) is 0. The van der Waals surface area contributed by atoms with Crippen LogP contribution in [0.2, 0.25) is 0 Å². The second kappa shape index (κ2) is 8.47. The number of ether oxygens (including phenoxy) is 3. The predicted octanol–water partition coefficient (Wildman–Crippen LogP) is 3.20. The van der Waals surface area contributed by atoms with Crippen molar-refractivity contribution >= 4 is 29.3 Å². The zero-order valence-electron chi connectivity index (χ0n) is 20.0. The fourth-order valence-corrected chi connectivity index (χ4v) is 8.11. The van der Waals surface area contributed by atoms with E-state index in [1.807, 2.05) is 23.3 Å². The molecule has 8 heteroatoms. The van der Waals surface area contributed by atoms with Gasteiger partial charge in [0.2, 0.25) is 5.91 Å². The Labute approximate surface area is 200 Å². The second-order valence-corrected chi connectivity index (χ2v) is 10.7. The third kappa shape index (κ3) is 3.03. The third-order valence-corrected chi connectivity index (χ3v) is 9.05. The number of fused-ring (bicyclic) bond motifs is 1. The van der Waals surface area contributed by atoms with E-state index < -0.39 is 6.10 Å². The van der Waals surface area contributed by atoms with Crippen LogP contribution in [0.15, 0.2) is 18.2 Å². The standard InChI is InChI=1S/C25H34N2O5S/c1-16(28)27-19-9-11-24(21(22(29)31-3)32-15-33-4)10-6-13-26-14-12-25(19,23(24)26)17-7-5-8-18(30-2)20(17)27/h5,7-8,19,21,23H,6,9-15H2,1-4H3. The van der Waals surface area contributed by atoms with E-state index in [1.54, 1.807) is 25.8 Å². The van der Waals surface area contributed by atoms with Gasteiger partial charge in [0.15, 0.2) is 6.10 Å². The summed E-state index contributed by atoms with van der Waals surface area (Å²) >= 11 is 1.58. The van der Waals surface area contributed by atoms with Gasteiger partial charge in [-0.15, -0.1) is 11.8 Å². The number of carbonyl (C=O) groups is 2. The van der Waals surface area contributed by atoms with Gasteiger partial charge in [-0.1, -0.05) is 12.1 Å². The molecule has 1 aromatic carbocycles. The van der Waals surface area contributed by atoms with Crippen LogP contribution >= 0.6 is 11.8 Å². The zero-order chi connectivity index (χ0) is 23.4. The Hall–Kier alpha value is -1.77. The maximum absolute atomic E-state index is 13.1. The van der Waals surface area contributed by atoms with E-state index in [1.165, 1.54) is 12.7 Å². The Bertz CT molecular complexity index is 957. The SMILES string of the molecule is COC(=O)C(OCSC)C12CCCN3CCC4(c5cccc(OC)c5N(C(C)=O)C4CC1)C32. The van der Waals surface area contributed by atoms with Crippen LogP contribution in [0.25, 0.3) is 0 Å². The van der Waals surface area contributed by atoms with Crippen molar-refractivity contribution in [3.05, 3.63) is 23.8 Å². The van der Waals surface area contributed by atoms with Gasteiger partial charge in [0.05, 0.1) is 25.8 Å². The first-order chi connectivity index (χ1) is 16.0. The van der Waals surface area contributed by atoms with E-state index in [9.17, 15) is 9.59 Å². The van der Waals surface area contributed by atoms with Crippen LogP contribution in [0.4, 0.5) is 5.69 Å². The Morgan fingerprint density at radius 1 is 1.21 bits per heavy atom. The average Bonchev–Trinajstić information content (AvgIpc) is 3.36. The highest BCUT2D eigenvalue weighted by Gasteiger charge is 2.71. The normalized spacial score (nSPS) is 33.2. The van der Waals surface area contributed by atoms with E-state index in [4.69, 9.17) is 14.2 Å². The van der Waals surface area contributed by atoms with Crippen molar-refractivity contribution in [2.24, 2.45) is 5.41 Å². The molecule has 3 fully saturated rings. The summed E-state index contributed by atoms with van der Waals surface area (Å²) < 4.78 is 17.3. The van der Waals surface area contributed by atoms with Crippen molar-refractivity contribution in [2.75, 3.05) is 44.4 Å². The first-order valence-corrected chi connectivity index (χ1v) is 13.3. The average molecular weight is 475 g/mol. The molecule has 180 valence electrons. The molecule has 2 saturated heterocycles. The molecular weight excluding hydrogens is 440 g/mol. The highest BCUT2D eigenvalue weighted by atomic mass is 32.2. The number of thioether (sulfide) groups is 1. The molecular formula is C25H34N2O5S. The van der Waals surface area contributed by atoms with Crippen LogP contribution in [-0.2, 0) is 24.5 Å². The number of rotatable bonds is 6. The minimum atomic E-state index is -0.612. The van der Waals surface area contributed by atoms with Gasteiger partial charge in [-0.3, -0.25) is 9.69 Å². The lowest BCUT2D eigenvalue weighted by Crippen LogP contribution is -2.69. The van der Waals surface area contributed by atoms with Crippen LogP contribution in [0.1, 0.15) is 44.6 Å². The van der Waals surface area contributed by atoms with E-state index in [0.717, 1.165) is 56.6 Å². The highest BCUT2D eigenvalue weighted by molar-refractivity contribution is 7.98. The van der Waals surface area contributed by atoms with Crippen molar-refractivity contribution in [2.45, 2.75) is 62.6 Å². The number of nitrogens with zero attached hydrogens (tertiary/aromatic N) is 2. The second-order valence-electron chi connectivity index (χ2n) is 9.84. The monoisotopic (exact) mass is 474 g/mol. The molecule has 4 aliphatic rings. The summed E-state index contributed by atoms with van der Waals surface area (Å²) in [6, 6.07) is 6.33. The number of para-hydroxylation sites is 1. The van der Waals surface area contributed by atoms with E-state index in [0.29, 0.717) is 5.94 Å². The van der Waals surface area contributed by atoms with Gasteiger partial charge in [0.1, 0.15) is 5.75 Å². The van der Waals surface area contributed by atoms with E-state index >= 15 is 0 Å². The van der Waals surface area contributed by atoms with Crippen LogP contribution in [0.3, 0.4) is 0 Å². The third-order valence-electron chi connectivity index (χ3n) is 8.68. The number of hydrogen-bond acceptors (Lipinski definition) is 7. The molecule has 5 rings (SSSR count). The highest BCUT2D eigenvalue weighted by Crippen LogP contribution is 2.66. The summed E-state index contributed by atoms with van der Waals surface area (Å²) in [5.74, 6) is 0.968. The lowest BCUT2D eigenvalue weighted by Gasteiger charge is -2.59.